The largest absolute Gasteiger partial charge is 0.323 e. The topological polar surface area (TPSA) is 29.1 Å². The summed E-state index contributed by atoms with van der Waals surface area (Å²) >= 11 is 0. The number of nitrogens with one attached hydrogen (secondary N) is 1. The van der Waals surface area contributed by atoms with Crippen LogP contribution in [-0.2, 0) is 4.79 Å². The fraction of sp³-hybridized carbons (Fsp3) is 0.650. The van der Waals surface area contributed by atoms with Crippen LogP contribution in [0.15, 0.2) is 18.2 Å². The molecule has 130 valence electrons. The minimum absolute atomic E-state index is 0.208. The van der Waals surface area contributed by atoms with E-state index >= 15 is 4.39 Å². The molecule has 0 aliphatic rings. The van der Waals surface area contributed by atoms with Crippen LogP contribution in [0.25, 0.3) is 0 Å². The molecule has 1 N–H and O–H groups in total. The van der Waals surface area contributed by atoms with Crippen molar-refractivity contribution in [2.24, 2.45) is 0 Å². The second-order valence-corrected chi connectivity index (χ2v) is 7.00. The van der Waals surface area contributed by atoms with Crippen molar-refractivity contribution in [2.45, 2.75) is 84.7 Å². The van der Waals surface area contributed by atoms with Crippen LogP contribution in [0.1, 0.15) is 90.2 Å². The van der Waals surface area contributed by atoms with E-state index < -0.39 is 11.6 Å². The molecule has 1 atom stereocenters. The molecule has 0 heterocycles. The van der Waals surface area contributed by atoms with Gasteiger partial charge in [-0.1, -0.05) is 66.2 Å². The third-order valence-electron chi connectivity index (χ3n) is 4.51. The maximum atomic E-state index is 15.0. The molecule has 1 aromatic rings. The Morgan fingerprint density at radius 1 is 1.13 bits per heavy atom. The fourth-order valence-corrected chi connectivity index (χ4v) is 2.83. The number of halogens is 1. The number of amides is 1. The number of anilines is 1. The lowest BCUT2D eigenvalue weighted by atomic mass is 9.91. The highest BCUT2D eigenvalue weighted by molar-refractivity contribution is 5.98. The van der Waals surface area contributed by atoms with Crippen molar-refractivity contribution in [3.63, 3.8) is 0 Å². The third-order valence-corrected chi connectivity index (χ3v) is 4.51. The van der Waals surface area contributed by atoms with Gasteiger partial charge in [-0.2, -0.15) is 0 Å². The molecule has 1 amide bonds. The van der Waals surface area contributed by atoms with Crippen LogP contribution in [0.2, 0.25) is 0 Å². The summed E-state index contributed by atoms with van der Waals surface area (Å²) in [6, 6.07) is 6.05. The van der Waals surface area contributed by atoms with Gasteiger partial charge in [-0.25, -0.2) is 4.39 Å². The summed E-state index contributed by atoms with van der Waals surface area (Å²) in [4.78, 5) is 12.6. The van der Waals surface area contributed by atoms with E-state index in [1.165, 1.54) is 0 Å². The van der Waals surface area contributed by atoms with Crippen LogP contribution >= 0.6 is 0 Å². The predicted molar refractivity (Wildman–Crippen MR) is 96.9 cm³/mol. The Bertz CT molecular complexity index is 498. The van der Waals surface area contributed by atoms with Gasteiger partial charge in [-0.05, 0) is 42.2 Å². The van der Waals surface area contributed by atoms with Crippen molar-refractivity contribution in [1.29, 1.82) is 0 Å². The van der Waals surface area contributed by atoms with Gasteiger partial charge in [0, 0.05) is 5.69 Å². The monoisotopic (exact) mass is 321 g/mol. The summed E-state index contributed by atoms with van der Waals surface area (Å²) in [5.41, 5.74) is 1.15. The molecule has 1 aromatic carbocycles. The lowest BCUT2D eigenvalue weighted by molar-refractivity contribution is -0.128. The molecule has 3 heteroatoms. The average molecular weight is 321 g/mol. The minimum Gasteiger partial charge on any atom is -0.323 e. The fourth-order valence-electron chi connectivity index (χ4n) is 2.83. The van der Waals surface area contributed by atoms with E-state index in [1.54, 1.807) is 6.92 Å². The van der Waals surface area contributed by atoms with Crippen LogP contribution in [0.4, 0.5) is 10.1 Å². The second kappa shape index (κ2) is 8.47. The Kier molecular flexibility index (Phi) is 7.24. The molecule has 1 unspecified atom stereocenters. The highest BCUT2D eigenvalue weighted by Crippen LogP contribution is 2.34. The summed E-state index contributed by atoms with van der Waals surface area (Å²) < 4.78 is 15.0. The number of alkyl halides is 1. The molecule has 0 aromatic heterocycles. The van der Waals surface area contributed by atoms with Gasteiger partial charge >= 0.3 is 0 Å². The number of unbranched alkanes of at least 4 members (excludes halogenated alkanes) is 1. The van der Waals surface area contributed by atoms with E-state index in [9.17, 15) is 4.79 Å². The number of carbonyl (C=O) groups is 1. The second-order valence-electron chi connectivity index (χ2n) is 7.00. The molecule has 0 fully saturated rings. The van der Waals surface area contributed by atoms with E-state index in [-0.39, 0.29) is 24.7 Å². The zero-order valence-corrected chi connectivity index (χ0v) is 15.5. The smallest absolute Gasteiger partial charge is 0.262 e. The van der Waals surface area contributed by atoms with Crippen LogP contribution in [0.3, 0.4) is 0 Å². The first-order valence-corrected chi connectivity index (χ1v) is 8.90. The van der Waals surface area contributed by atoms with Crippen molar-refractivity contribution in [3.05, 3.63) is 29.3 Å². The van der Waals surface area contributed by atoms with E-state index in [0.29, 0.717) is 0 Å². The van der Waals surface area contributed by atoms with Crippen molar-refractivity contribution < 1.29 is 9.18 Å². The quantitative estimate of drug-likeness (QED) is 0.608. The highest BCUT2D eigenvalue weighted by Gasteiger charge is 2.36. The molecule has 0 saturated carbocycles. The molecule has 2 nitrogen and oxygen atoms in total. The number of carbonyl (C=O) groups excluding carboxylic acids is 1. The molecular weight excluding hydrogens is 289 g/mol. The maximum absolute atomic E-state index is 15.0. The number of hydrogen-bond donors (Lipinski definition) is 1. The zero-order valence-electron chi connectivity index (χ0n) is 15.5. The molecule has 0 aliphatic carbocycles. The van der Waals surface area contributed by atoms with Gasteiger partial charge in [0.2, 0.25) is 0 Å². The third kappa shape index (κ3) is 4.79. The number of hydrogen-bond acceptors (Lipinski definition) is 1. The molecule has 23 heavy (non-hydrogen) atoms. The Balaban J connectivity index is 3.18. The Morgan fingerprint density at radius 2 is 1.65 bits per heavy atom. The van der Waals surface area contributed by atoms with Crippen molar-refractivity contribution >= 4 is 11.6 Å². The normalized spacial score (nSPS) is 14.1. The van der Waals surface area contributed by atoms with Crippen molar-refractivity contribution in [3.8, 4) is 0 Å². The van der Waals surface area contributed by atoms with Gasteiger partial charge in [0.1, 0.15) is 0 Å². The number of benzene rings is 1. The molecule has 1 rings (SSSR count). The van der Waals surface area contributed by atoms with E-state index in [4.69, 9.17) is 0 Å². The van der Waals surface area contributed by atoms with Gasteiger partial charge in [0.25, 0.3) is 5.91 Å². The minimum atomic E-state index is -1.78. The van der Waals surface area contributed by atoms with Crippen molar-refractivity contribution in [1.82, 2.24) is 0 Å². The van der Waals surface area contributed by atoms with Gasteiger partial charge in [0.05, 0.1) is 0 Å². The number of rotatable bonds is 8. The van der Waals surface area contributed by atoms with E-state index in [0.717, 1.165) is 29.7 Å². The maximum Gasteiger partial charge on any atom is 0.262 e. The lowest BCUT2D eigenvalue weighted by Gasteiger charge is -2.26. The molecule has 0 radical (unpaired) electrons. The Morgan fingerprint density at radius 3 is 2.04 bits per heavy atom. The summed E-state index contributed by atoms with van der Waals surface area (Å²) in [7, 11) is 0. The lowest BCUT2D eigenvalue weighted by Crippen LogP contribution is -2.38. The molecule has 0 bridgehead atoms. The first kappa shape index (κ1) is 19.7. The summed E-state index contributed by atoms with van der Waals surface area (Å²) in [6.07, 6.45) is 2.10. The van der Waals surface area contributed by atoms with Gasteiger partial charge in [-0.15, -0.1) is 0 Å². The first-order valence-electron chi connectivity index (χ1n) is 8.90. The van der Waals surface area contributed by atoms with Crippen LogP contribution in [0, 0.1) is 0 Å². The SMILES string of the molecule is CCCCC(F)(CC)C(=O)Nc1c(C(C)C)cccc1C(C)C. The summed E-state index contributed by atoms with van der Waals surface area (Å²) in [5, 5.41) is 2.93. The molecule has 0 saturated heterocycles. The van der Waals surface area contributed by atoms with Gasteiger partial charge < -0.3 is 5.32 Å². The van der Waals surface area contributed by atoms with Crippen LogP contribution in [0.5, 0.6) is 0 Å². The summed E-state index contributed by atoms with van der Waals surface area (Å²) in [6.45, 7) is 12.1. The van der Waals surface area contributed by atoms with Gasteiger partial charge in [-0.3, -0.25) is 4.79 Å². The predicted octanol–water partition coefficient (Wildman–Crippen LogP) is 6.18. The van der Waals surface area contributed by atoms with E-state index in [1.807, 2.05) is 25.1 Å². The Hall–Kier alpha value is -1.38. The van der Waals surface area contributed by atoms with Crippen molar-refractivity contribution in [2.75, 3.05) is 5.32 Å². The van der Waals surface area contributed by atoms with Crippen LogP contribution in [-0.4, -0.2) is 11.6 Å². The Labute approximate surface area is 140 Å². The average Bonchev–Trinajstić information content (AvgIpc) is 2.52. The molecular formula is C20H32FNO. The molecule has 0 spiro atoms. The van der Waals surface area contributed by atoms with E-state index in [2.05, 4.69) is 33.0 Å². The first-order chi connectivity index (χ1) is 10.8. The number of para-hydroxylation sites is 1. The zero-order chi connectivity index (χ0) is 17.6. The highest BCUT2D eigenvalue weighted by atomic mass is 19.1. The standard InChI is InChI=1S/C20H32FNO/c1-7-9-13-20(21,8-2)19(23)22-18-16(14(3)4)11-10-12-17(18)15(5)6/h10-12,14-15H,7-9,13H2,1-6H3,(H,22,23). The molecule has 0 aliphatic heterocycles. The van der Waals surface area contributed by atoms with Crippen LogP contribution < -0.4 is 5.32 Å². The summed E-state index contributed by atoms with van der Waals surface area (Å²) in [5.74, 6) is 0.0500. The van der Waals surface area contributed by atoms with Gasteiger partial charge in [0.15, 0.2) is 5.67 Å².